The minimum atomic E-state index is -1.82. The number of rotatable bonds is 4. The first-order valence-electron chi connectivity index (χ1n) is 9.39. The molecule has 0 aliphatic carbocycles. The van der Waals surface area contributed by atoms with E-state index in [-0.39, 0.29) is 12.4 Å². The first kappa shape index (κ1) is 23.2. The molecular formula is C21H20ClN3O7. The number of para-hydroxylation sites is 1. The van der Waals surface area contributed by atoms with Crippen molar-refractivity contribution in [1.29, 1.82) is 0 Å². The van der Waals surface area contributed by atoms with Gasteiger partial charge < -0.3 is 24.7 Å². The SMILES string of the molecule is CN(Cc1nc2ccccc2c(=O)[nH]1)Cc1cc(Cl)cc2c1OCOC2.O=C(O)C(=O)O. The lowest BCUT2D eigenvalue weighted by molar-refractivity contribution is -0.159. The van der Waals surface area contributed by atoms with Crippen molar-refractivity contribution < 1.29 is 29.3 Å². The second kappa shape index (κ2) is 10.2. The number of hydrogen-bond donors (Lipinski definition) is 3. The van der Waals surface area contributed by atoms with Gasteiger partial charge in [-0.2, -0.15) is 0 Å². The Kier molecular flexibility index (Phi) is 7.41. The highest BCUT2D eigenvalue weighted by Crippen LogP contribution is 2.32. The molecule has 11 heteroatoms. The van der Waals surface area contributed by atoms with Gasteiger partial charge in [0.2, 0.25) is 0 Å². The molecule has 3 N–H and O–H groups in total. The zero-order valence-electron chi connectivity index (χ0n) is 17.0. The molecule has 1 aliphatic rings. The van der Waals surface area contributed by atoms with Crippen LogP contribution < -0.4 is 10.3 Å². The molecule has 1 aliphatic heterocycles. The predicted molar refractivity (Wildman–Crippen MR) is 115 cm³/mol. The number of ether oxygens (including phenoxy) is 2. The van der Waals surface area contributed by atoms with E-state index in [1.807, 2.05) is 37.4 Å². The number of aliphatic carboxylic acids is 2. The van der Waals surface area contributed by atoms with E-state index in [1.165, 1.54) is 0 Å². The van der Waals surface area contributed by atoms with Crippen LogP contribution in [0, 0.1) is 0 Å². The Morgan fingerprint density at radius 3 is 2.62 bits per heavy atom. The van der Waals surface area contributed by atoms with E-state index in [0.717, 1.165) is 16.9 Å². The van der Waals surface area contributed by atoms with Gasteiger partial charge in [0.1, 0.15) is 11.6 Å². The third kappa shape index (κ3) is 5.82. The number of halogens is 1. The van der Waals surface area contributed by atoms with Crippen LogP contribution in [0.1, 0.15) is 17.0 Å². The fourth-order valence-electron chi connectivity index (χ4n) is 3.19. The number of nitrogens with zero attached hydrogens (tertiary/aromatic N) is 2. The molecule has 168 valence electrons. The van der Waals surface area contributed by atoms with Gasteiger partial charge >= 0.3 is 11.9 Å². The van der Waals surface area contributed by atoms with Gasteiger partial charge in [-0.15, -0.1) is 0 Å². The van der Waals surface area contributed by atoms with Crippen molar-refractivity contribution in [2.45, 2.75) is 19.7 Å². The number of fused-ring (bicyclic) bond motifs is 2. The molecule has 2 heterocycles. The topological polar surface area (TPSA) is 142 Å². The normalized spacial score (nSPS) is 12.5. The standard InChI is InChI=1S/C19H18ClN3O3.C2H2O4/c1-23(8-12-6-14(20)7-13-10-25-11-26-18(12)13)9-17-21-16-5-3-2-4-15(16)19(24)22-17;3-1(4)2(5)6/h2-7H,8-11H2,1H3,(H,21,22,24);(H,3,4)(H,5,6). The molecule has 3 aromatic rings. The zero-order valence-corrected chi connectivity index (χ0v) is 17.8. The monoisotopic (exact) mass is 461 g/mol. The van der Waals surface area contributed by atoms with Gasteiger partial charge in [0.05, 0.1) is 24.1 Å². The lowest BCUT2D eigenvalue weighted by Gasteiger charge is -2.23. The number of aromatic amines is 1. The van der Waals surface area contributed by atoms with Crippen LogP contribution in [0.2, 0.25) is 5.02 Å². The molecule has 0 saturated heterocycles. The van der Waals surface area contributed by atoms with Gasteiger partial charge in [0.25, 0.3) is 5.56 Å². The summed E-state index contributed by atoms with van der Waals surface area (Å²) >= 11 is 6.22. The van der Waals surface area contributed by atoms with Gasteiger partial charge in [0, 0.05) is 22.7 Å². The minimum absolute atomic E-state index is 0.125. The molecule has 2 aromatic carbocycles. The number of carboxylic acids is 2. The van der Waals surface area contributed by atoms with E-state index >= 15 is 0 Å². The lowest BCUT2D eigenvalue weighted by atomic mass is 10.1. The molecule has 32 heavy (non-hydrogen) atoms. The predicted octanol–water partition coefficient (Wildman–Crippen LogP) is 2.23. The van der Waals surface area contributed by atoms with Gasteiger partial charge in [-0.25, -0.2) is 14.6 Å². The quantitative estimate of drug-likeness (QED) is 0.498. The largest absolute Gasteiger partial charge is 0.473 e. The van der Waals surface area contributed by atoms with Crippen molar-refractivity contribution in [1.82, 2.24) is 14.9 Å². The average Bonchev–Trinajstić information content (AvgIpc) is 2.74. The molecule has 0 amide bonds. The van der Waals surface area contributed by atoms with Gasteiger partial charge in [-0.05, 0) is 31.3 Å². The highest BCUT2D eigenvalue weighted by atomic mass is 35.5. The van der Waals surface area contributed by atoms with Crippen LogP contribution in [0.15, 0.2) is 41.2 Å². The number of benzene rings is 2. The number of hydrogen-bond acceptors (Lipinski definition) is 7. The van der Waals surface area contributed by atoms with Crippen molar-refractivity contribution in [2.24, 2.45) is 0 Å². The zero-order chi connectivity index (χ0) is 23.3. The molecule has 0 spiro atoms. The molecule has 0 atom stereocenters. The summed E-state index contributed by atoms with van der Waals surface area (Å²) in [6.07, 6.45) is 0. The highest BCUT2D eigenvalue weighted by Gasteiger charge is 2.18. The van der Waals surface area contributed by atoms with E-state index in [0.29, 0.717) is 41.4 Å². The van der Waals surface area contributed by atoms with Gasteiger partial charge in [0.15, 0.2) is 6.79 Å². The number of carbonyl (C=O) groups is 2. The summed E-state index contributed by atoms with van der Waals surface area (Å²) < 4.78 is 11.0. The van der Waals surface area contributed by atoms with E-state index in [9.17, 15) is 4.79 Å². The fraction of sp³-hybridized carbons (Fsp3) is 0.238. The first-order valence-corrected chi connectivity index (χ1v) is 9.77. The van der Waals surface area contributed by atoms with Crippen LogP contribution in [-0.2, 0) is 34.0 Å². The maximum Gasteiger partial charge on any atom is 0.414 e. The molecule has 0 bridgehead atoms. The van der Waals surface area contributed by atoms with Crippen molar-refractivity contribution in [2.75, 3.05) is 13.8 Å². The summed E-state index contributed by atoms with van der Waals surface area (Å²) in [5.74, 6) is -2.20. The van der Waals surface area contributed by atoms with Crippen LogP contribution in [0.25, 0.3) is 10.9 Å². The number of nitrogens with one attached hydrogen (secondary N) is 1. The lowest BCUT2D eigenvalue weighted by Crippen LogP contribution is -2.23. The molecule has 4 rings (SSSR count). The second-order valence-electron chi connectivity index (χ2n) is 6.98. The second-order valence-corrected chi connectivity index (χ2v) is 7.41. The van der Waals surface area contributed by atoms with E-state index in [4.69, 9.17) is 40.9 Å². The molecule has 0 saturated carbocycles. The van der Waals surface area contributed by atoms with Crippen LogP contribution in [0.5, 0.6) is 5.75 Å². The van der Waals surface area contributed by atoms with E-state index in [1.54, 1.807) is 6.07 Å². The third-order valence-corrected chi connectivity index (χ3v) is 4.67. The molecule has 0 radical (unpaired) electrons. The average molecular weight is 462 g/mol. The van der Waals surface area contributed by atoms with Crippen LogP contribution in [0.4, 0.5) is 0 Å². The van der Waals surface area contributed by atoms with Gasteiger partial charge in [-0.1, -0.05) is 23.7 Å². The summed E-state index contributed by atoms with van der Waals surface area (Å²) in [6, 6.07) is 11.1. The van der Waals surface area contributed by atoms with E-state index in [2.05, 4.69) is 14.9 Å². The Balaban J connectivity index is 0.000000427. The van der Waals surface area contributed by atoms with Crippen LogP contribution in [0.3, 0.4) is 0 Å². The smallest absolute Gasteiger partial charge is 0.414 e. The summed E-state index contributed by atoms with van der Waals surface area (Å²) in [5.41, 5.74) is 2.51. The minimum Gasteiger partial charge on any atom is -0.473 e. The highest BCUT2D eigenvalue weighted by molar-refractivity contribution is 6.30. The van der Waals surface area contributed by atoms with E-state index < -0.39 is 11.9 Å². The van der Waals surface area contributed by atoms with Crippen molar-refractivity contribution >= 4 is 34.4 Å². The summed E-state index contributed by atoms with van der Waals surface area (Å²) in [4.78, 5) is 39.9. The molecule has 0 fully saturated rings. The fourth-order valence-corrected chi connectivity index (χ4v) is 3.45. The number of aromatic nitrogens is 2. The van der Waals surface area contributed by atoms with Crippen molar-refractivity contribution in [3.05, 3.63) is 68.7 Å². The Morgan fingerprint density at radius 1 is 1.19 bits per heavy atom. The van der Waals surface area contributed by atoms with Crippen LogP contribution >= 0.6 is 11.6 Å². The van der Waals surface area contributed by atoms with Crippen LogP contribution in [-0.4, -0.2) is 50.9 Å². The molecule has 10 nitrogen and oxygen atoms in total. The maximum atomic E-state index is 12.2. The Bertz CT molecular complexity index is 1200. The summed E-state index contributed by atoms with van der Waals surface area (Å²) in [7, 11) is 1.96. The number of carboxylic acid groups (broad SMARTS) is 2. The third-order valence-electron chi connectivity index (χ3n) is 4.46. The van der Waals surface area contributed by atoms with Crippen molar-refractivity contribution in [3.63, 3.8) is 0 Å². The molecule has 0 unspecified atom stereocenters. The summed E-state index contributed by atoms with van der Waals surface area (Å²) in [6.45, 7) is 1.84. The van der Waals surface area contributed by atoms with Gasteiger partial charge in [-0.3, -0.25) is 9.69 Å². The maximum absolute atomic E-state index is 12.2. The van der Waals surface area contributed by atoms with Crippen molar-refractivity contribution in [3.8, 4) is 5.75 Å². The number of H-pyrrole nitrogens is 1. The molecular weight excluding hydrogens is 442 g/mol. The molecule has 1 aromatic heterocycles. The summed E-state index contributed by atoms with van der Waals surface area (Å²) in [5, 5.41) is 16.0. The Labute approximate surface area is 187 Å². The Morgan fingerprint density at radius 2 is 1.91 bits per heavy atom. The first-order chi connectivity index (χ1) is 15.2. The Hall–Kier alpha value is -3.47.